The van der Waals surface area contributed by atoms with Crippen molar-refractivity contribution in [3.8, 4) is 6.07 Å². The number of rotatable bonds is 5. The van der Waals surface area contributed by atoms with Crippen LogP contribution in [0.5, 0.6) is 0 Å². The molecule has 7 heteroatoms. The molecule has 0 fully saturated rings. The lowest BCUT2D eigenvalue weighted by molar-refractivity contribution is -0.137. The molecule has 1 aromatic rings. The zero-order chi connectivity index (χ0) is 16.0. The highest BCUT2D eigenvalue weighted by Gasteiger charge is 2.21. The van der Waals surface area contributed by atoms with Crippen molar-refractivity contribution in [2.24, 2.45) is 0 Å². The van der Waals surface area contributed by atoms with Crippen LogP contribution in [-0.4, -0.2) is 34.6 Å². The summed E-state index contributed by atoms with van der Waals surface area (Å²) in [5, 5.41) is 19.8. The molecule has 0 saturated carbocycles. The van der Waals surface area contributed by atoms with Crippen molar-refractivity contribution in [3.63, 3.8) is 0 Å². The fraction of sp³-hybridized carbons (Fsp3) is 0.357. The lowest BCUT2D eigenvalue weighted by Gasteiger charge is -2.27. The molecule has 2 N–H and O–H groups in total. The molecule has 0 heterocycles. The average Bonchev–Trinajstić information content (AvgIpc) is 2.41. The Morgan fingerprint density at radius 3 is 2.67 bits per heavy atom. The monoisotopic (exact) mass is 293 g/mol. The Labute approximate surface area is 121 Å². The number of urea groups is 1. The first kappa shape index (κ1) is 16.4. The van der Waals surface area contributed by atoms with Crippen molar-refractivity contribution in [2.75, 3.05) is 11.9 Å². The predicted octanol–water partition coefficient (Wildman–Crippen LogP) is 2.41. The Balaban J connectivity index is 2.83. The number of nitrogens with one attached hydrogen (secondary N) is 1. The maximum absolute atomic E-state index is 13.7. The minimum Gasteiger partial charge on any atom is -0.481 e. The molecule has 1 unspecified atom stereocenters. The third kappa shape index (κ3) is 4.45. The number of carbonyl (C=O) groups is 2. The fourth-order valence-electron chi connectivity index (χ4n) is 1.89. The van der Waals surface area contributed by atoms with Crippen LogP contribution in [-0.2, 0) is 4.79 Å². The summed E-state index contributed by atoms with van der Waals surface area (Å²) in [5.74, 6) is -1.73. The Kier molecular flexibility index (Phi) is 5.67. The molecule has 0 saturated heterocycles. The molecule has 2 amide bonds. The summed E-state index contributed by atoms with van der Waals surface area (Å²) in [6, 6.07) is 4.38. The smallest absolute Gasteiger partial charge is 0.322 e. The van der Waals surface area contributed by atoms with Gasteiger partial charge >= 0.3 is 12.0 Å². The second-order valence-corrected chi connectivity index (χ2v) is 4.47. The van der Waals surface area contributed by atoms with Crippen LogP contribution in [0.2, 0.25) is 0 Å². The van der Waals surface area contributed by atoms with Gasteiger partial charge in [0.1, 0.15) is 5.82 Å². The van der Waals surface area contributed by atoms with E-state index in [4.69, 9.17) is 10.4 Å². The first-order chi connectivity index (χ1) is 9.88. The number of carbonyl (C=O) groups excluding carboxylic acids is 1. The quantitative estimate of drug-likeness (QED) is 0.871. The maximum atomic E-state index is 13.7. The van der Waals surface area contributed by atoms with Crippen molar-refractivity contribution >= 4 is 17.7 Å². The molecule has 0 radical (unpaired) electrons. The number of carboxylic acid groups (broad SMARTS) is 1. The molecule has 0 aliphatic heterocycles. The molecule has 1 atom stereocenters. The van der Waals surface area contributed by atoms with Gasteiger partial charge in [-0.3, -0.25) is 4.79 Å². The third-order valence-corrected chi connectivity index (χ3v) is 2.94. The van der Waals surface area contributed by atoms with Gasteiger partial charge in [-0.25, -0.2) is 9.18 Å². The Morgan fingerprint density at radius 1 is 1.52 bits per heavy atom. The molecular weight excluding hydrogens is 277 g/mol. The third-order valence-electron chi connectivity index (χ3n) is 2.94. The van der Waals surface area contributed by atoms with Gasteiger partial charge in [0.05, 0.1) is 23.7 Å². The predicted molar refractivity (Wildman–Crippen MR) is 74.2 cm³/mol. The number of halogens is 1. The molecule has 21 heavy (non-hydrogen) atoms. The minimum absolute atomic E-state index is 0.0556. The second kappa shape index (κ2) is 7.24. The topological polar surface area (TPSA) is 93.4 Å². The van der Waals surface area contributed by atoms with Crippen molar-refractivity contribution < 1.29 is 19.1 Å². The van der Waals surface area contributed by atoms with E-state index in [0.29, 0.717) is 0 Å². The lowest BCUT2D eigenvalue weighted by Crippen LogP contribution is -2.42. The number of carboxylic acids is 1. The van der Waals surface area contributed by atoms with Crippen LogP contribution >= 0.6 is 0 Å². The van der Waals surface area contributed by atoms with E-state index in [1.54, 1.807) is 19.9 Å². The van der Waals surface area contributed by atoms with E-state index in [9.17, 15) is 14.0 Å². The summed E-state index contributed by atoms with van der Waals surface area (Å²) in [6.07, 6.45) is -0.197. The van der Waals surface area contributed by atoms with Gasteiger partial charge in [0.25, 0.3) is 0 Å². The summed E-state index contributed by atoms with van der Waals surface area (Å²) < 4.78 is 13.7. The molecule has 1 rings (SSSR count). The largest absolute Gasteiger partial charge is 0.481 e. The number of benzene rings is 1. The van der Waals surface area contributed by atoms with Crippen LogP contribution in [0.15, 0.2) is 18.2 Å². The Hall–Kier alpha value is -2.62. The molecule has 0 aromatic heterocycles. The van der Waals surface area contributed by atoms with Crippen molar-refractivity contribution in [2.45, 2.75) is 26.3 Å². The van der Waals surface area contributed by atoms with Gasteiger partial charge in [-0.05, 0) is 32.0 Å². The summed E-state index contributed by atoms with van der Waals surface area (Å²) >= 11 is 0. The molecule has 1 aromatic carbocycles. The van der Waals surface area contributed by atoms with Crippen molar-refractivity contribution in [1.82, 2.24) is 4.90 Å². The average molecular weight is 293 g/mol. The van der Waals surface area contributed by atoms with Gasteiger partial charge in [0.15, 0.2) is 0 Å². The summed E-state index contributed by atoms with van der Waals surface area (Å²) in [6.45, 7) is 3.59. The Morgan fingerprint density at radius 2 is 2.19 bits per heavy atom. The van der Waals surface area contributed by atoms with E-state index >= 15 is 0 Å². The lowest BCUT2D eigenvalue weighted by atomic mass is 10.2. The number of nitrogens with zero attached hydrogens (tertiary/aromatic N) is 2. The van der Waals surface area contributed by atoms with Crippen LogP contribution in [0.1, 0.15) is 25.8 Å². The molecule has 0 spiro atoms. The zero-order valence-corrected chi connectivity index (χ0v) is 11.8. The molecule has 0 aliphatic rings. The number of nitriles is 1. The molecule has 6 nitrogen and oxygen atoms in total. The van der Waals surface area contributed by atoms with Gasteiger partial charge in [-0.1, -0.05) is 0 Å². The van der Waals surface area contributed by atoms with Crippen molar-refractivity contribution in [3.05, 3.63) is 29.6 Å². The highest BCUT2D eigenvalue weighted by atomic mass is 19.1. The van der Waals surface area contributed by atoms with Crippen LogP contribution in [0, 0.1) is 17.1 Å². The van der Waals surface area contributed by atoms with E-state index in [2.05, 4.69) is 5.32 Å². The van der Waals surface area contributed by atoms with Gasteiger partial charge in [-0.2, -0.15) is 5.26 Å². The van der Waals surface area contributed by atoms with E-state index in [0.717, 1.165) is 6.07 Å². The van der Waals surface area contributed by atoms with E-state index in [-0.39, 0.29) is 24.2 Å². The van der Waals surface area contributed by atoms with Gasteiger partial charge in [0.2, 0.25) is 0 Å². The first-order valence-electron chi connectivity index (χ1n) is 6.38. The normalized spacial score (nSPS) is 11.3. The van der Waals surface area contributed by atoms with E-state index in [1.807, 2.05) is 0 Å². The van der Waals surface area contributed by atoms with Gasteiger partial charge in [0, 0.05) is 12.6 Å². The van der Waals surface area contributed by atoms with Crippen LogP contribution in [0.3, 0.4) is 0 Å². The molecule has 0 bridgehead atoms. The fourth-order valence-corrected chi connectivity index (χ4v) is 1.89. The molecule has 0 aliphatic carbocycles. The van der Waals surface area contributed by atoms with E-state index < -0.39 is 23.9 Å². The van der Waals surface area contributed by atoms with Crippen LogP contribution < -0.4 is 5.32 Å². The molecular formula is C14H16FN3O3. The second-order valence-electron chi connectivity index (χ2n) is 4.47. The number of anilines is 1. The number of aliphatic carboxylic acids is 1. The highest BCUT2D eigenvalue weighted by molar-refractivity contribution is 5.90. The maximum Gasteiger partial charge on any atom is 0.322 e. The summed E-state index contributed by atoms with van der Waals surface area (Å²) in [4.78, 5) is 24.0. The van der Waals surface area contributed by atoms with Crippen LogP contribution in [0.4, 0.5) is 14.9 Å². The first-order valence-corrected chi connectivity index (χ1v) is 6.38. The summed E-state index contributed by atoms with van der Waals surface area (Å²) in [7, 11) is 0. The standard InChI is InChI=1S/C14H16FN3O3/c1-3-18(9(2)6-13(19)20)14(21)17-12-5-4-10(8-16)7-11(12)15/h4-5,7,9H,3,6H2,1-2H3,(H,17,21)(H,19,20). The van der Waals surface area contributed by atoms with E-state index in [1.165, 1.54) is 17.0 Å². The van der Waals surface area contributed by atoms with Crippen molar-refractivity contribution in [1.29, 1.82) is 5.26 Å². The Bertz CT molecular complexity index is 583. The zero-order valence-electron chi connectivity index (χ0n) is 11.8. The number of hydrogen-bond acceptors (Lipinski definition) is 3. The SMILES string of the molecule is CCN(C(=O)Nc1ccc(C#N)cc1F)C(C)CC(=O)O. The minimum atomic E-state index is -1.02. The molecule has 112 valence electrons. The number of amides is 2. The van der Waals surface area contributed by atoms with Crippen LogP contribution in [0.25, 0.3) is 0 Å². The van der Waals surface area contributed by atoms with Gasteiger partial charge < -0.3 is 15.3 Å². The number of hydrogen-bond donors (Lipinski definition) is 2. The highest BCUT2D eigenvalue weighted by Crippen LogP contribution is 2.17. The summed E-state index contributed by atoms with van der Waals surface area (Å²) in [5.41, 5.74) is 0.0945. The van der Waals surface area contributed by atoms with Gasteiger partial charge in [-0.15, -0.1) is 0 Å².